The average Bonchev–Trinajstić information content (AvgIpc) is 3.08. The number of aromatic nitrogens is 1. The van der Waals surface area contributed by atoms with Gasteiger partial charge in [0, 0.05) is 73.7 Å². The number of carbonyl (C=O) groups excluding carboxylic acids is 2. The SMILES string of the molecule is CCCCC(=O)N1CCN(c2cc(NN)cc(N(CCc3cccc(Cc4ccc5c(n4)NCCC5)c3)CC(=O)OF)c2)CC1. The van der Waals surface area contributed by atoms with Crippen LogP contribution in [0.25, 0.3) is 0 Å². The topological polar surface area (TPSA) is 116 Å². The molecule has 10 nitrogen and oxygen atoms in total. The molecule has 5 rings (SSSR count). The van der Waals surface area contributed by atoms with Crippen LogP contribution in [0.5, 0.6) is 0 Å². The molecule has 1 aromatic heterocycles. The Kier molecular flexibility index (Phi) is 11.1. The Hall–Kier alpha value is -4.38. The van der Waals surface area contributed by atoms with Crippen molar-refractivity contribution in [2.45, 2.75) is 51.9 Å². The third-order valence-electron chi connectivity index (χ3n) is 8.58. The van der Waals surface area contributed by atoms with E-state index in [1.807, 2.05) is 29.2 Å². The molecule has 0 bridgehead atoms. The van der Waals surface area contributed by atoms with E-state index in [0.717, 1.165) is 60.6 Å². The molecule has 0 unspecified atom stereocenters. The van der Waals surface area contributed by atoms with Gasteiger partial charge < -0.3 is 25.4 Å². The lowest BCUT2D eigenvalue weighted by atomic mass is 10.0. The van der Waals surface area contributed by atoms with Crippen LogP contribution in [0, 0.1) is 0 Å². The highest BCUT2D eigenvalue weighted by Crippen LogP contribution is 2.29. The van der Waals surface area contributed by atoms with Crippen molar-refractivity contribution in [3.63, 3.8) is 0 Å². The number of halogens is 1. The van der Waals surface area contributed by atoms with Crippen LogP contribution in [0.1, 0.15) is 55.0 Å². The van der Waals surface area contributed by atoms with E-state index in [4.69, 9.17) is 10.8 Å². The molecular formula is C34H44FN7O3. The second-order valence-corrected chi connectivity index (χ2v) is 11.8. The second-order valence-electron chi connectivity index (χ2n) is 11.8. The Balaban J connectivity index is 1.28. The summed E-state index contributed by atoms with van der Waals surface area (Å²) in [6, 6.07) is 18.4. The minimum atomic E-state index is -0.970. The number of nitrogens with zero attached hydrogens (tertiary/aromatic N) is 4. The zero-order valence-corrected chi connectivity index (χ0v) is 26.1. The van der Waals surface area contributed by atoms with Crippen LogP contribution >= 0.6 is 0 Å². The summed E-state index contributed by atoms with van der Waals surface area (Å²) in [5.74, 6) is 6.05. The third-order valence-corrected chi connectivity index (χ3v) is 8.58. The minimum Gasteiger partial charge on any atom is -0.370 e. The number of benzene rings is 2. The summed E-state index contributed by atoms with van der Waals surface area (Å²) in [7, 11) is 0. The van der Waals surface area contributed by atoms with Gasteiger partial charge in [0.2, 0.25) is 5.91 Å². The van der Waals surface area contributed by atoms with Gasteiger partial charge in [0.15, 0.2) is 0 Å². The van der Waals surface area contributed by atoms with Crippen LogP contribution in [-0.4, -0.2) is 67.6 Å². The van der Waals surface area contributed by atoms with Gasteiger partial charge in [0.05, 0.1) is 5.69 Å². The lowest BCUT2D eigenvalue weighted by Crippen LogP contribution is -2.48. The number of hydrazine groups is 1. The highest BCUT2D eigenvalue weighted by Gasteiger charge is 2.23. The number of nitrogen functional groups attached to an aromatic ring is 1. The van der Waals surface area contributed by atoms with E-state index < -0.39 is 5.97 Å². The van der Waals surface area contributed by atoms with E-state index in [0.29, 0.717) is 63.4 Å². The lowest BCUT2D eigenvalue weighted by Gasteiger charge is -2.37. The van der Waals surface area contributed by atoms with Crippen molar-refractivity contribution in [3.8, 4) is 0 Å². The molecule has 2 aliphatic heterocycles. The van der Waals surface area contributed by atoms with Crippen molar-refractivity contribution >= 4 is 34.8 Å². The van der Waals surface area contributed by atoms with Crippen molar-refractivity contribution in [1.29, 1.82) is 0 Å². The van der Waals surface area contributed by atoms with Crippen LogP contribution in [0.15, 0.2) is 54.6 Å². The van der Waals surface area contributed by atoms with E-state index in [1.165, 1.54) is 5.56 Å². The predicted molar refractivity (Wildman–Crippen MR) is 176 cm³/mol. The highest BCUT2D eigenvalue weighted by atomic mass is 19.3. The zero-order chi connectivity index (χ0) is 31.6. The monoisotopic (exact) mass is 617 g/mol. The first-order valence-electron chi connectivity index (χ1n) is 16.0. The highest BCUT2D eigenvalue weighted by molar-refractivity contribution is 5.78. The molecule has 3 aromatic rings. The molecule has 0 saturated carbocycles. The maximum Gasteiger partial charge on any atom is 0.367 e. The molecular weight excluding hydrogens is 573 g/mol. The molecule has 240 valence electrons. The van der Waals surface area contributed by atoms with Crippen LogP contribution in [0.2, 0.25) is 0 Å². The van der Waals surface area contributed by atoms with Gasteiger partial charge in [-0.3, -0.25) is 15.6 Å². The summed E-state index contributed by atoms with van der Waals surface area (Å²) in [5, 5.41) is 3.40. The van der Waals surface area contributed by atoms with Crippen LogP contribution in [0.3, 0.4) is 0 Å². The van der Waals surface area contributed by atoms with E-state index >= 15 is 0 Å². The largest absolute Gasteiger partial charge is 0.370 e. The predicted octanol–water partition coefficient (Wildman–Crippen LogP) is 4.63. The molecule has 1 amide bonds. The molecule has 0 radical (unpaired) electrons. The molecule has 11 heteroatoms. The summed E-state index contributed by atoms with van der Waals surface area (Å²) in [6.45, 7) is 5.88. The Morgan fingerprint density at radius 1 is 1.09 bits per heavy atom. The fraction of sp³-hybridized carbons (Fsp3) is 0.441. The van der Waals surface area contributed by atoms with Crippen LogP contribution < -0.4 is 26.4 Å². The first kappa shape index (κ1) is 32.0. The lowest BCUT2D eigenvalue weighted by molar-refractivity contribution is -0.181. The quantitative estimate of drug-likeness (QED) is 0.187. The van der Waals surface area contributed by atoms with Crippen molar-refractivity contribution in [2.24, 2.45) is 5.84 Å². The number of carbonyl (C=O) groups is 2. The molecule has 0 atom stereocenters. The molecule has 1 saturated heterocycles. The summed E-state index contributed by atoms with van der Waals surface area (Å²) in [5.41, 5.74) is 9.54. The molecule has 3 heterocycles. The van der Waals surface area contributed by atoms with Gasteiger partial charge in [0.25, 0.3) is 0 Å². The Morgan fingerprint density at radius 3 is 2.69 bits per heavy atom. The Bertz CT molecular complexity index is 1460. The molecule has 0 aliphatic carbocycles. The minimum absolute atomic E-state index is 0.200. The number of pyridine rings is 1. The van der Waals surface area contributed by atoms with Crippen molar-refractivity contribution in [2.75, 3.05) is 66.4 Å². The van der Waals surface area contributed by atoms with Crippen molar-refractivity contribution in [3.05, 3.63) is 77.0 Å². The van der Waals surface area contributed by atoms with E-state index in [2.05, 4.69) is 57.8 Å². The maximum atomic E-state index is 12.9. The van der Waals surface area contributed by atoms with Crippen molar-refractivity contribution < 1.29 is 19.1 Å². The van der Waals surface area contributed by atoms with Gasteiger partial charge in [-0.1, -0.05) is 43.7 Å². The van der Waals surface area contributed by atoms with Crippen LogP contribution in [0.4, 0.5) is 27.4 Å². The summed E-state index contributed by atoms with van der Waals surface area (Å²) < 4.78 is 12.9. The second kappa shape index (κ2) is 15.6. The standard InChI is InChI=1S/C34H44FN7O3/c1-2-3-9-32(43)41-17-15-40(16-18-41)30-21-29(39-36)22-31(23-30)42(24-33(44)45-35)14-12-25-6-4-7-26(19-25)20-28-11-10-27-8-5-13-37-34(27)38-28/h4,6-7,10-11,19,21-23,39H,2-3,5,8-9,12-18,20,24,36H2,1H3,(H,37,38). The molecule has 2 aromatic carbocycles. The van der Waals surface area contributed by atoms with Crippen LogP contribution in [-0.2, 0) is 33.8 Å². The number of unbranched alkanes of at least 4 members (excludes halogenated alkanes) is 1. The Morgan fingerprint density at radius 2 is 1.91 bits per heavy atom. The van der Waals surface area contributed by atoms with Gasteiger partial charge in [-0.15, -0.1) is 0 Å². The number of aryl methyl sites for hydroxylation is 1. The number of piperazine rings is 1. The van der Waals surface area contributed by atoms with E-state index in [9.17, 15) is 14.1 Å². The number of anilines is 4. The maximum absolute atomic E-state index is 12.9. The van der Waals surface area contributed by atoms with Gasteiger partial charge in [-0.2, -0.15) is 0 Å². The first-order valence-corrected chi connectivity index (χ1v) is 16.0. The van der Waals surface area contributed by atoms with Gasteiger partial charge >= 0.3 is 5.97 Å². The number of fused-ring (bicyclic) bond motifs is 1. The number of amides is 1. The third kappa shape index (κ3) is 8.63. The normalized spacial score (nSPS) is 14.4. The fourth-order valence-corrected chi connectivity index (χ4v) is 6.06. The summed E-state index contributed by atoms with van der Waals surface area (Å²) in [6.07, 6.45) is 6.00. The van der Waals surface area contributed by atoms with E-state index in [1.54, 1.807) is 4.90 Å². The van der Waals surface area contributed by atoms with E-state index in [-0.39, 0.29) is 12.5 Å². The average molecular weight is 618 g/mol. The summed E-state index contributed by atoms with van der Waals surface area (Å²) >= 11 is 0. The zero-order valence-electron chi connectivity index (χ0n) is 26.1. The Labute approximate surface area is 264 Å². The molecule has 45 heavy (non-hydrogen) atoms. The number of hydrogen-bond acceptors (Lipinski definition) is 9. The van der Waals surface area contributed by atoms with Crippen molar-refractivity contribution in [1.82, 2.24) is 9.88 Å². The molecule has 4 N–H and O–H groups in total. The number of hydrogen-bond donors (Lipinski definition) is 3. The smallest absolute Gasteiger partial charge is 0.367 e. The first-order chi connectivity index (χ1) is 21.9. The van der Waals surface area contributed by atoms with Gasteiger partial charge in [0.1, 0.15) is 12.4 Å². The molecule has 0 spiro atoms. The number of nitrogens with one attached hydrogen (secondary N) is 2. The van der Waals surface area contributed by atoms with Gasteiger partial charge in [-0.25, -0.2) is 9.78 Å². The number of rotatable bonds is 13. The molecule has 1 fully saturated rings. The van der Waals surface area contributed by atoms with Gasteiger partial charge in [-0.05, 0) is 66.6 Å². The number of nitrogens with two attached hydrogens (primary N) is 1. The fourth-order valence-electron chi connectivity index (χ4n) is 6.06. The summed E-state index contributed by atoms with van der Waals surface area (Å²) in [4.78, 5) is 39.0. The molecule has 2 aliphatic rings.